The molecule has 1 aliphatic rings. The third-order valence-electron chi connectivity index (χ3n) is 4.53. The number of nitrogen functional groups attached to an aromatic ring is 1. The van der Waals surface area contributed by atoms with E-state index in [0.717, 1.165) is 5.56 Å². The number of nitrogens with one attached hydrogen (secondary N) is 1. The van der Waals surface area contributed by atoms with Crippen LogP contribution in [0, 0.1) is 0 Å². The zero-order valence-corrected chi connectivity index (χ0v) is 16.6. The molecule has 1 saturated heterocycles. The molecule has 0 radical (unpaired) electrons. The van der Waals surface area contributed by atoms with Gasteiger partial charge in [-0.2, -0.15) is 0 Å². The van der Waals surface area contributed by atoms with E-state index >= 15 is 0 Å². The molecule has 0 aromatic heterocycles. The van der Waals surface area contributed by atoms with E-state index in [9.17, 15) is 9.59 Å². The molecule has 8 heteroatoms. The van der Waals surface area contributed by atoms with Crippen molar-refractivity contribution in [2.75, 3.05) is 31.4 Å². The summed E-state index contributed by atoms with van der Waals surface area (Å²) in [6, 6.07) is 11.9. The number of nitrogens with two attached hydrogens (primary N) is 1. The second-order valence-corrected chi connectivity index (χ2v) is 6.39. The van der Waals surface area contributed by atoms with E-state index < -0.39 is 6.04 Å². The fourth-order valence-corrected chi connectivity index (χ4v) is 3.08. The molecule has 3 rings (SSSR count). The number of anilines is 2. The van der Waals surface area contributed by atoms with Gasteiger partial charge in [0.15, 0.2) is 0 Å². The van der Waals surface area contributed by atoms with Gasteiger partial charge in [-0.3, -0.25) is 9.59 Å². The van der Waals surface area contributed by atoms with Crippen LogP contribution in [-0.2, 0) is 16.0 Å². The van der Waals surface area contributed by atoms with Crippen LogP contribution in [0.3, 0.4) is 0 Å². The van der Waals surface area contributed by atoms with Crippen LogP contribution in [0.1, 0.15) is 12.0 Å². The highest BCUT2D eigenvalue weighted by atomic mass is 35.5. The molecule has 3 N–H and O–H groups in total. The maximum Gasteiger partial charge on any atom is 0.249 e. The van der Waals surface area contributed by atoms with Crippen molar-refractivity contribution in [1.82, 2.24) is 5.32 Å². The van der Waals surface area contributed by atoms with E-state index in [-0.39, 0.29) is 30.6 Å². The summed E-state index contributed by atoms with van der Waals surface area (Å²) in [5, 5.41) is 2.82. The third-order valence-corrected chi connectivity index (χ3v) is 4.53. The van der Waals surface area contributed by atoms with Gasteiger partial charge in [0, 0.05) is 30.4 Å². The van der Waals surface area contributed by atoms with Crippen LogP contribution in [0.5, 0.6) is 11.5 Å². The molecular formula is C20H24ClN3O4. The predicted molar refractivity (Wildman–Crippen MR) is 110 cm³/mol. The monoisotopic (exact) mass is 405 g/mol. The number of hydrogen-bond acceptors (Lipinski definition) is 5. The summed E-state index contributed by atoms with van der Waals surface area (Å²) in [4.78, 5) is 26.7. The number of halogens is 1. The van der Waals surface area contributed by atoms with Crippen molar-refractivity contribution in [1.29, 1.82) is 0 Å². The Hall–Kier alpha value is -2.93. The molecule has 0 bridgehead atoms. The first kappa shape index (κ1) is 21.4. The maximum atomic E-state index is 12.8. The van der Waals surface area contributed by atoms with Crippen molar-refractivity contribution in [3.05, 3.63) is 48.0 Å². The number of rotatable bonds is 6. The second-order valence-electron chi connectivity index (χ2n) is 6.39. The maximum absolute atomic E-state index is 12.8. The van der Waals surface area contributed by atoms with Gasteiger partial charge in [0.25, 0.3) is 0 Å². The largest absolute Gasteiger partial charge is 0.497 e. The zero-order chi connectivity index (χ0) is 19.4. The SMILES string of the molecule is COc1cc(OC)cc(N2CCC(NC(=O)Cc3ccc(N)cc3)C2=O)c1.Cl. The Morgan fingerprint density at radius 2 is 1.75 bits per heavy atom. The van der Waals surface area contributed by atoms with Gasteiger partial charge in [-0.05, 0) is 24.1 Å². The van der Waals surface area contributed by atoms with Crippen molar-refractivity contribution < 1.29 is 19.1 Å². The molecule has 1 atom stereocenters. The van der Waals surface area contributed by atoms with Gasteiger partial charge < -0.3 is 25.4 Å². The lowest BCUT2D eigenvalue weighted by atomic mass is 10.1. The first-order valence-corrected chi connectivity index (χ1v) is 8.68. The fourth-order valence-electron chi connectivity index (χ4n) is 3.08. The molecule has 28 heavy (non-hydrogen) atoms. The van der Waals surface area contributed by atoms with Crippen LogP contribution in [0.4, 0.5) is 11.4 Å². The average molecular weight is 406 g/mol. The highest BCUT2D eigenvalue weighted by Crippen LogP contribution is 2.31. The number of methoxy groups -OCH3 is 2. The first-order chi connectivity index (χ1) is 13.0. The van der Waals surface area contributed by atoms with E-state index in [2.05, 4.69) is 5.32 Å². The molecule has 7 nitrogen and oxygen atoms in total. The number of hydrogen-bond donors (Lipinski definition) is 2. The van der Waals surface area contributed by atoms with Crippen LogP contribution in [0.2, 0.25) is 0 Å². The quantitative estimate of drug-likeness (QED) is 0.718. The molecule has 2 aromatic carbocycles. The normalized spacial score (nSPS) is 15.7. The minimum Gasteiger partial charge on any atom is -0.497 e. The van der Waals surface area contributed by atoms with E-state index in [1.54, 1.807) is 61.6 Å². The minimum absolute atomic E-state index is 0. The van der Waals surface area contributed by atoms with Crippen LogP contribution in [0.25, 0.3) is 0 Å². The number of amides is 2. The van der Waals surface area contributed by atoms with Crippen LogP contribution < -0.4 is 25.4 Å². The molecule has 2 aromatic rings. The van der Waals surface area contributed by atoms with Gasteiger partial charge in [0.1, 0.15) is 17.5 Å². The Kier molecular flexibility index (Phi) is 7.12. The van der Waals surface area contributed by atoms with Gasteiger partial charge in [-0.1, -0.05) is 12.1 Å². The lowest BCUT2D eigenvalue weighted by Crippen LogP contribution is -2.42. The topological polar surface area (TPSA) is 93.9 Å². The highest BCUT2D eigenvalue weighted by molar-refractivity contribution is 6.01. The summed E-state index contributed by atoms with van der Waals surface area (Å²) < 4.78 is 10.5. The molecule has 150 valence electrons. The standard InChI is InChI=1S/C20H23N3O4.ClH/c1-26-16-10-15(11-17(12-16)27-2)23-8-7-18(20(23)25)22-19(24)9-13-3-5-14(21)6-4-13;/h3-6,10-12,18H,7-9,21H2,1-2H3,(H,22,24);1H. The Morgan fingerprint density at radius 1 is 1.14 bits per heavy atom. The highest BCUT2D eigenvalue weighted by Gasteiger charge is 2.34. The number of benzene rings is 2. The minimum atomic E-state index is -0.538. The summed E-state index contributed by atoms with van der Waals surface area (Å²) in [5.41, 5.74) is 7.83. The molecule has 1 heterocycles. The molecule has 1 unspecified atom stereocenters. The summed E-state index contributed by atoms with van der Waals surface area (Å²) in [5.74, 6) is 0.875. The molecule has 1 fully saturated rings. The first-order valence-electron chi connectivity index (χ1n) is 8.68. The third kappa shape index (κ3) is 4.86. The smallest absolute Gasteiger partial charge is 0.249 e. The lowest BCUT2D eigenvalue weighted by Gasteiger charge is -2.19. The molecular weight excluding hydrogens is 382 g/mol. The Labute approximate surface area is 170 Å². The van der Waals surface area contributed by atoms with Gasteiger partial charge in [-0.25, -0.2) is 0 Å². The zero-order valence-electron chi connectivity index (χ0n) is 15.8. The summed E-state index contributed by atoms with van der Waals surface area (Å²) in [6.07, 6.45) is 0.753. The van der Waals surface area contributed by atoms with Crippen molar-refractivity contribution in [3.63, 3.8) is 0 Å². The Morgan fingerprint density at radius 3 is 2.32 bits per heavy atom. The van der Waals surface area contributed by atoms with Crippen molar-refractivity contribution in [2.45, 2.75) is 18.9 Å². The molecule has 1 aliphatic heterocycles. The fraction of sp³-hybridized carbons (Fsp3) is 0.300. The molecule has 0 aliphatic carbocycles. The van der Waals surface area contributed by atoms with E-state index in [1.807, 2.05) is 0 Å². The molecule has 0 spiro atoms. The lowest BCUT2D eigenvalue weighted by molar-refractivity contribution is -0.126. The predicted octanol–water partition coefficient (Wildman–Crippen LogP) is 2.17. The van der Waals surface area contributed by atoms with Crippen LogP contribution in [-0.4, -0.2) is 38.6 Å². The Bertz CT molecular complexity index is 820. The van der Waals surface area contributed by atoms with E-state index in [0.29, 0.717) is 35.8 Å². The van der Waals surface area contributed by atoms with E-state index in [4.69, 9.17) is 15.2 Å². The summed E-state index contributed by atoms with van der Waals surface area (Å²) in [7, 11) is 3.12. The van der Waals surface area contributed by atoms with E-state index in [1.165, 1.54) is 0 Å². The average Bonchev–Trinajstić information content (AvgIpc) is 3.03. The van der Waals surface area contributed by atoms with Gasteiger partial charge >= 0.3 is 0 Å². The van der Waals surface area contributed by atoms with Gasteiger partial charge in [0.05, 0.1) is 26.3 Å². The molecule has 0 saturated carbocycles. The summed E-state index contributed by atoms with van der Waals surface area (Å²) >= 11 is 0. The van der Waals surface area contributed by atoms with Crippen molar-refractivity contribution >= 4 is 35.6 Å². The van der Waals surface area contributed by atoms with Crippen LogP contribution >= 0.6 is 12.4 Å². The molecule has 2 amide bonds. The second kappa shape index (κ2) is 9.32. The number of carbonyl (C=O) groups is 2. The van der Waals surface area contributed by atoms with Gasteiger partial charge in [0.2, 0.25) is 11.8 Å². The Balaban J connectivity index is 0.00000280. The van der Waals surface area contributed by atoms with Crippen LogP contribution in [0.15, 0.2) is 42.5 Å². The number of nitrogens with zero attached hydrogens (tertiary/aromatic N) is 1. The number of carbonyl (C=O) groups excluding carboxylic acids is 2. The number of ether oxygens (including phenoxy) is 2. The van der Waals surface area contributed by atoms with Crippen molar-refractivity contribution in [3.8, 4) is 11.5 Å². The van der Waals surface area contributed by atoms with Gasteiger partial charge in [-0.15, -0.1) is 12.4 Å². The van der Waals surface area contributed by atoms with Crippen molar-refractivity contribution in [2.24, 2.45) is 0 Å². The summed E-state index contributed by atoms with van der Waals surface area (Å²) in [6.45, 7) is 0.516.